The lowest BCUT2D eigenvalue weighted by Gasteiger charge is -2.03. The van der Waals surface area contributed by atoms with Crippen LogP contribution in [-0.4, -0.2) is 20.5 Å². The van der Waals surface area contributed by atoms with Crippen LogP contribution in [0.2, 0.25) is 0 Å². The number of sulfonamides is 1. The Morgan fingerprint density at radius 3 is 2.18 bits per heavy atom. The third-order valence-electron chi connectivity index (χ3n) is 2.77. The molecule has 0 aliphatic carbocycles. The van der Waals surface area contributed by atoms with Crippen LogP contribution in [-0.2, 0) is 10.0 Å². The lowest BCUT2D eigenvalue weighted by molar-refractivity contribution is 0.104. The molecule has 0 amide bonds. The summed E-state index contributed by atoms with van der Waals surface area (Å²) in [5, 5.41) is 0. The molecule has 0 atom stereocenters. The molecule has 22 heavy (non-hydrogen) atoms. The summed E-state index contributed by atoms with van der Waals surface area (Å²) in [6.45, 7) is 0. The van der Waals surface area contributed by atoms with Gasteiger partial charge in [-0.25, -0.2) is 12.8 Å². The first kappa shape index (κ1) is 15.9. The monoisotopic (exact) mass is 319 g/mol. The lowest BCUT2D eigenvalue weighted by Crippen LogP contribution is -2.09. The quantitative estimate of drug-likeness (QED) is 0.680. The summed E-state index contributed by atoms with van der Waals surface area (Å²) >= 11 is 0. The van der Waals surface area contributed by atoms with Crippen LogP contribution in [0.1, 0.15) is 15.9 Å². The van der Waals surface area contributed by atoms with Crippen LogP contribution < -0.4 is 4.72 Å². The summed E-state index contributed by atoms with van der Waals surface area (Å²) in [7, 11) is -3.34. The maximum atomic E-state index is 12.8. The van der Waals surface area contributed by atoms with Gasteiger partial charge in [0.25, 0.3) is 0 Å². The molecule has 0 unspecified atom stereocenters. The number of anilines is 1. The maximum absolute atomic E-state index is 12.8. The van der Waals surface area contributed by atoms with Crippen molar-refractivity contribution in [2.45, 2.75) is 0 Å². The first-order valence-electron chi connectivity index (χ1n) is 6.39. The maximum Gasteiger partial charge on any atom is 0.229 e. The molecular formula is C16H14FNO3S. The molecule has 2 aromatic rings. The smallest absolute Gasteiger partial charge is 0.229 e. The van der Waals surface area contributed by atoms with Crippen molar-refractivity contribution in [2.24, 2.45) is 0 Å². The van der Waals surface area contributed by atoms with Gasteiger partial charge in [-0.1, -0.05) is 18.2 Å². The number of ketones is 1. The molecule has 1 N–H and O–H groups in total. The summed E-state index contributed by atoms with van der Waals surface area (Å²) in [6.07, 6.45) is 4.02. The first-order valence-corrected chi connectivity index (χ1v) is 8.28. The fourth-order valence-electron chi connectivity index (χ4n) is 1.76. The summed E-state index contributed by atoms with van der Waals surface area (Å²) in [4.78, 5) is 12.0. The van der Waals surface area contributed by atoms with Gasteiger partial charge < -0.3 is 0 Å². The number of hydrogen-bond donors (Lipinski definition) is 1. The zero-order chi connectivity index (χ0) is 16.2. The van der Waals surface area contributed by atoms with Crippen LogP contribution in [0.4, 0.5) is 10.1 Å². The first-order chi connectivity index (χ1) is 10.3. The van der Waals surface area contributed by atoms with Crippen LogP contribution in [0, 0.1) is 5.82 Å². The number of carbonyl (C=O) groups is 1. The average Bonchev–Trinajstić information content (AvgIpc) is 2.45. The van der Waals surface area contributed by atoms with Gasteiger partial charge in [-0.3, -0.25) is 9.52 Å². The van der Waals surface area contributed by atoms with E-state index >= 15 is 0 Å². The Hall–Kier alpha value is -2.47. The Balaban J connectivity index is 2.08. The zero-order valence-electron chi connectivity index (χ0n) is 11.8. The minimum absolute atomic E-state index is 0.227. The van der Waals surface area contributed by atoms with E-state index in [9.17, 15) is 17.6 Å². The molecule has 0 spiro atoms. The molecular weight excluding hydrogens is 305 g/mol. The predicted octanol–water partition coefficient (Wildman–Crippen LogP) is 3.09. The number of allylic oxidation sites excluding steroid dienone is 1. The average molecular weight is 319 g/mol. The van der Waals surface area contributed by atoms with Gasteiger partial charge in [0.2, 0.25) is 10.0 Å². The Bertz CT molecular complexity index is 794. The molecule has 2 rings (SSSR count). The number of nitrogens with one attached hydrogen (secondary N) is 1. The Morgan fingerprint density at radius 1 is 1.05 bits per heavy atom. The van der Waals surface area contributed by atoms with E-state index in [2.05, 4.69) is 4.72 Å². The van der Waals surface area contributed by atoms with Gasteiger partial charge in [-0.15, -0.1) is 0 Å². The zero-order valence-corrected chi connectivity index (χ0v) is 12.6. The molecule has 0 fully saturated rings. The Labute approximate surface area is 128 Å². The lowest BCUT2D eigenvalue weighted by atomic mass is 10.1. The van der Waals surface area contributed by atoms with Crippen LogP contribution >= 0.6 is 0 Å². The third-order valence-corrected chi connectivity index (χ3v) is 3.38. The molecule has 114 valence electrons. The van der Waals surface area contributed by atoms with E-state index in [1.54, 1.807) is 18.2 Å². The van der Waals surface area contributed by atoms with Crippen LogP contribution in [0.25, 0.3) is 6.08 Å². The molecule has 0 saturated carbocycles. The highest BCUT2D eigenvalue weighted by molar-refractivity contribution is 7.92. The van der Waals surface area contributed by atoms with E-state index in [4.69, 9.17) is 0 Å². The van der Waals surface area contributed by atoms with Gasteiger partial charge in [-0.2, -0.15) is 0 Å². The number of halogens is 1. The standard InChI is InChI=1S/C16H14FNO3S/c1-22(20,21)18-15-9-5-13(6-10-15)16(19)11-4-12-2-7-14(17)8-3-12/h2-11,18H,1H3. The normalized spacial score (nSPS) is 11.5. The minimum Gasteiger partial charge on any atom is -0.289 e. The fourth-order valence-corrected chi connectivity index (χ4v) is 2.32. The van der Waals surface area contributed by atoms with E-state index in [-0.39, 0.29) is 11.6 Å². The SMILES string of the molecule is CS(=O)(=O)Nc1ccc(C(=O)C=Cc2ccc(F)cc2)cc1. The van der Waals surface area contributed by atoms with Gasteiger partial charge in [0.15, 0.2) is 5.78 Å². The molecule has 4 nitrogen and oxygen atoms in total. The summed E-state index contributed by atoms with van der Waals surface area (Å²) in [5.41, 5.74) is 1.53. The van der Waals surface area contributed by atoms with Crippen molar-refractivity contribution in [1.82, 2.24) is 0 Å². The molecule has 2 aromatic carbocycles. The molecule has 0 radical (unpaired) electrons. The van der Waals surface area contributed by atoms with Gasteiger partial charge >= 0.3 is 0 Å². The van der Waals surface area contributed by atoms with Gasteiger partial charge in [0.1, 0.15) is 5.82 Å². The number of carbonyl (C=O) groups excluding carboxylic acids is 1. The molecule has 0 aliphatic rings. The van der Waals surface area contributed by atoms with Crippen LogP contribution in [0.3, 0.4) is 0 Å². The molecule has 0 aromatic heterocycles. The van der Waals surface area contributed by atoms with E-state index in [0.29, 0.717) is 16.8 Å². The highest BCUT2D eigenvalue weighted by Gasteiger charge is 2.04. The molecule has 6 heteroatoms. The fraction of sp³-hybridized carbons (Fsp3) is 0.0625. The van der Waals surface area contributed by atoms with E-state index in [1.807, 2.05) is 0 Å². The molecule has 0 bridgehead atoms. The highest BCUT2D eigenvalue weighted by Crippen LogP contribution is 2.12. The van der Waals surface area contributed by atoms with Gasteiger partial charge in [0, 0.05) is 11.3 Å². The molecule has 0 saturated heterocycles. The second-order valence-electron chi connectivity index (χ2n) is 4.70. The van der Waals surface area contributed by atoms with E-state index in [1.165, 1.54) is 42.5 Å². The second-order valence-corrected chi connectivity index (χ2v) is 6.45. The van der Waals surface area contributed by atoms with Crippen molar-refractivity contribution in [3.05, 3.63) is 71.6 Å². The molecule has 0 aliphatic heterocycles. The van der Waals surface area contributed by atoms with Crippen molar-refractivity contribution >= 4 is 27.6 Å². The van der Waals surface area contributed by atoms with Crippen molar-refractivity contribution in [3.8, 4) is 0 Å². The van der Waals surface area contributed by atoms with Crippen molar-refractivity contribution in [3.63, 3.8) is 0 Å². The van der Waals surface area contributed by atoms with E-state index < -0.39 is 10.0 Å². The number of benzene rings is 2. The highest BCUT2D eigenvalue weighted by atomic mass is 32.2. The van der Waals surface area contributed by atoms with E-state index in [0.717, 1.165) is 6.26 Å². The Morgan fingerprint density at radius 2 is 1.64 bits per heavy atom. The van der Waals surface area contributed by atoms with Crippen molar-refractivity contribution < 1.29 is 17.6 Å². The van der Waals surface area contributed by atoms with Gasteiger partial charge in [-0.05, 0) is 48.0 Å². The summed E-state index contributed by atoms with van der Waals surface area (Å²) < 4.78 is 37.3. The van der Waals surface area contributed by atoms with Crippen LogP contribution in [0.15, 0.2) is 54.6 Å². The second kappa shape index (κ2) is 6.53. The predicted molar refractivity (Wildman–Crippen MR) is 84.7 cm³/mol. The van der Waals surface area contributed by atoms with Crippen molar-refractivity contribution in [2.75, 3.05) is 11.0 Å². The largest absolute Gasteiger partial charge is 0.289 e. The summed E-state index contributed by atoms with van der Waals surface area (Å²) in [6, 6.07) is 11.9. The Kier molecular flexibility index (Phi) is 4.72. The summed E-state index contributed by atoms with van der Waals surface area (Å²) in [5.74, 6) is -0.562. The number of hydrogen-bond acceptors (Lipinski definition) is 3. The molecule has 0 heterocycles. The topological polar surface area (TPSA) is 63.2 Å². The van der Waals surface area contributed by atoms with Crippen molar-refractivity contribution in [1.29, 1.82) is 0 Å². The van der Waals surface area contributed by atoms with Crippen LogP contribution in [0.5, 0.6) is 0 Å². The minimum atomic E-state index is -3.34. The third kappa shape index (κ3) is 4.82. The van der Waals surface area contributed by atoms with Gasteiger partial charge in [0.05, 0.1) is 6.26 Å². The number of rotatable bonds is 5.